The molecular weight excluding hydrogens is 494 g/mol. The number of aromatic amines is 1. The zero-order chi connectivity index (χ0) is 27.1. The Labute approximate surface area is 222 Å². The van der Waals surface area contributed by atoms with Gasteiger partial charge in [-0.1, -0.05) is 30.2 Å². The molecule has 0 saturated carbocycles. The van der Waals surface area contributed by atoms with E-state index in [1.54, 1.807) is 48.7 Å². The molecule has 0 aliphatic rings. The fourth-order valence-electron chi connectivity index (χ4n) is 4.55. The highest BCUT2D eigenvalue weighted by Gasteiger charge is 2.24. The van der Waals surface area contributed by atoms with Crippen molar-refractivity contribution in [3.63, 3.8) is 0 Å². The van der Waals surface area contributed by atoms with Gasteiger partial charge in [0.25, 0.3) is 11.5 Å². The third-order valence-electron chi connectivity index (χ3n) is 6.34. The molecule has 0 aliphatic heterocycles. The molecule has 192 valence electrons. The molecule has 0 saturated heterocycles. The minimum absolute atomic E-state index is 0.214. The number of nitrogens with zero attached hydrogens (tertiary/aromatic N) is 7. The number of para-hydroxylation sites is 1. The molecule has 5 heterocycles. The van der Waals surface area contributed by atoms with Crippen LogP contribution in [0.15, 0.2) is 71.9 Å². The zero-order valence-corrected chi connectivity index (χ0v) is 21.4. The molecule has 6 aromatic rings. The summed E-state index contributed by atoms with van der Waals surface area (Å²) in [4.78, 5) is 32.1. The number of fused-ring (bicyclic) bond motifs is 2. The number of benzene rings is 1. The largest absolute Gasteiger partial charge is 0.342 e. The number of carbonyl (C=O) groups is 1. The Balaban J connectivity index is 1.45. The van der Waals surface area contributed by atoms with Crippen LogP contribution >= 0.6 is 0 Å². The quantitative estimate of drug-likeness (QED) is 0.346. The first-order valence-corrected chi connectivity index (χ1v) is 12.2. The highest BCUT2D eigenvalue weighted by molar-refractivity contribution is 6.02. The van der Waals surface area contributed by atoms with Crippen LogP contribution in [-0.4, -0.2) is 45.1 Å². The van der Waals surface area contributed by atoms with Crippen molar-refractivity contribution < 1.29 is 4.79 Å². The van der Waals surface area contributed by atoms with Gasteiger partial charge < -0.3 is 5.32 Å². The van der Waals surface area contributed by atoms with Crippen molar-refractivity contribution >= 4 is 22.5 Å². The number of hydrogen-bond donors (Lipinski definition) is 2. The van der Waals surface area contributed by atoms with Crippen LogP contribution in [0, 0.1) is 18.8 Å². The fraction of sp³-hybridized carbons (Fsp3) is 0.143. The molecule has 5 aromatic heterocycles. The molecule has 0 fully saturated rings. The Hall–Kier alpha value is -5.50. The highest BCUT2D eigenvalue weighted by Crippen LogP contribution is 2.21. The Morgan fingerprint density at radius 1 is 1.10 bits per heavy atom. The smallest absolute Gasteiger partial charge is 0.270 e. The maximum Gasteiger partial charge on any atom is 0.270 e. The van der Waals surface area contributed by atoms with Crippen LogP contribution < -0.4 is 10.9 Å². The lowest BCUT2D eigenvalue weighted by Gasteiger charge is -2.19. The maximum absolute atomic E-state index is 13.9. The van der Waals surface area contributed by atoms with Crippen LogP contribution in [0.2, 0.25) is 0 Å². The van der Waals surface area contributed by atoms with E-state index in [0.29, 0.717) is 39.5 Å². The van der Waals surface area contributed by atoms with Gasteiger partial charge in [-0.2, -0.15) is 15.3 Å². The molecule has 0 spiro atoms. The summed E-state index contributed by atoms with van der Waals surface area (Å²) in [5, 5.41) is 18.9. The van der Waals surface area contributed by atoms with Crippen LogP contribution in [-0.2, 0) is 7.05 Å². The minimum Gasteiger partial charge on any atom is -0.342 e. The third-order valence-corrected chi connectivity index (χ3v) is 6.34. The second-order valence-electron chi connectivity index (χ2n) is 9.08. The predicted octanol–water partition coefficient (Wildman–Crippen LogP) is 2.69. The normalized spacial score (nSPS) is 11.9. The number of pyridine rings is 1. The standard InChI is InChI=1S/C28H23N9O2/c1-17-23(22-11-7-8-14-36(22)34-17)27(38)30-18(2)26-31-25-24(28(39)37(26)20-9-5-4-6-10-20)21(32-33-25)13-12-19-15-29-35(3)16-19/h4-11,14-16,18H,1-3H3,(H,30,38)(H,32,33)/t18-/m0/s1. The van der Waals surface area contributed by atoms with Crippen LogP contribution in [0.25, 0.3) is 22.2 Å². The lowest BCUT2D eigenvalue weighted by Crippen LogP contribution is -2.33. The summed E-state index contributed by atoms with van der Waals surface area (Å²) in [6, 6.07) is 14.0. The molecular formula is C28H23N9O2. The van der Waals surface area contributed by atoms with Gasteiger partial charge in [-0.05, 0) is 44.0 Å². The Morgan fingerprint density at radius 3 is 2.67 bits per heavy atom. The van der Waals surface area contributed by atoms with Gasteiger partial charge in [0.05, 0.1) is 40.3 Å². The number of nitrogens with one attached hydrogen (secondary N) is 2. The van der Waals surface area contributed by atoms with Gasteiger partial charge in [-0.3, -0.25) is 23.9 Å². The van der Waals surface area contributed by atoms with Gasteiger partial charge in [0.2, 0.25) is 0 Å². The molecule has 11 heteroatoms. The van der Waals surface area contributed by atoms with E-state index in [4.69, 9.17) is 4.98 Å². The van der Waals surface area contributed by atoms with Crippen molar-refractivity contribution in [2.45, 2.75) is 19.9 Å². The second kappa shape index (κ2) is 9.42. The SMILES string of the molecule is Cc1nn2ccccc2c1C(=O)N[C@@H](C)c1nc2n[nH]c(C#Cc3cnn(C)c3)c2c(=O)n1-c1ccccc1. The van der Waals surface area contributed by atoms with Crippen molar-refractivity contribution in [2.75, 3.05) is 0 Å². The summed E-state index contributed by atoms with van der Waals surface area (Å²) < 4.78 is 4.80. The molecule has 39 heavy (non-hydrogen) atoms. The lowest BCUT2D eigenvalue weighted by atomic mass is 10.1. The van der Waals surface area contributed by atoms with Gasteiger partial charge in [0.15, 0.2) is 5.65 Å². The molecule has 0 aliphatic carbocycles. The van der Waals surface area contributed by atoms with E-state index in [1.165, 1.54) is 4.57 Å². The van der Waals surface area contributed by atoms with Gasteiger partial charge in [-0.25, -0.2) is 9.50 Å². The van der Waals surface area contributed by atoms with Crippen LogP contribution in [0.5, 0.6) is 0 Å². The summed E-state index contributed by atoms with van der Waals surface area (Å²) in [5.41, 5.74) is 3.27. The summed E-state index contributed by atoms with van der Waals surface area (Å²) in [7, 11) is 1.80. The fourth-order valence-corrected chi connectivity index (χ4v) is 4.55. The Bertz CT molecular complexity index is 1980. The van der Waals surface area contributed by atoms with E-state index in [-0.39, 0.29) is 22.5 Å². The summed E-state index contributed by atoms with van der Waals surface area (Å²) in [6.07, 6.45) is 5.21. The average molecular weight is 518 g/mol. The molecule has 6 rings (SSSR count). The van der Waals surface area contributed by atoms with Crippen LogP contribution in [0.3, 0.4) is 0 Å². The molecule has 1 aromatic carbocycles. The number of hydrogen-bond acceptors (Lipinski definition) is 6. The van der Waals surface area contributed by atoms with Gasteiger partial charge in [-0.15, -0.1) is 0 Å². The predicted molar refractivity (Wildman–Crippen MR) is 144 cm³/mol. The summed E-state index contributed by atoms with van der Waals surface area (Å²) in [5.74, 6) is 6.00. The van der Waals surface area contributed by atoms with Crippen LogP contribution in [0.4, 0.5) is 0 Å². The maximum atomic E-state index is 13.9. The van der Waals surface area contributed by atoms with Crippen molar-refractivity contribution in [1.82, 2.24) is 44.5 Å². The first-order valence-electron chi connectivity index (χ1n) is 12.2. The average Bonchev–Trinajstić information content (AvgIpc) is 3.63. The van der Waals surface area contributed by atoms with E-state index >= 15 is 0 Å². The summed E-state index contributed by atoms with van der Waals surface area (Å²) >= 11 is 0. The van der Waals surface area contributed by atoms with E-state index in [0.717, 1.165) is 0 Å². The van der Waals surface area contributed by atoms with E-state index in [9.17, 15) is 9.59 Å². The third kappa shape index (κ3) is 4.23. The number of aromatic nitrogens is 8. The van der Waals surface area contributed by atoms with E-state index in [2.05, 4.69) is 37.6 Å². The first kappa shape index (κ1) is 23.9. The molecule has 2 N–H and O–H groups in total. The number of aryl methyl sites for hydroxylation is 2. The lowest BCUT2D eigenvalue weighted by molar-refractivity contribution is 0.0939. The second-order valence-corrected chi connectivity index (χ2v) is 9.08. The van der Waals surface area contributed by atoms with Gasteiger partial charge in [0.1, 0.15) is 16.9 Å². The molecule has 0 radical (unpaired) electrons. The van der Waals surface area contributed by atoms with Crippen LogP contribution in [0.1, 0.15) is 46.1 Å². The highest BCUT2D eigenvalue weighted by atomic mass is 16.2. The number of rotatable bonds is 4. The van der Waals surface area contributed by atoms with Gasteiger partial charge >= 0.3 is 0 Å². The Kier molecular flexibility index (Phi) is 5.77. The molecule has 0 unspecified atom stereocenters. The number of H-pyrrole nitrogens is 1. The van der Waals surface area contributed by atoms with Crippen molar-refractivity contribution in [2.24, 2.45) is 7.05 Å². The van der Waals surface area contributed by atoms with E-state index in [1.807, 2.05) is 48.5 Å². The van der Waals surface area contributed by atoms with Crippen molar-refractivity contribution in [3.05, 3.63) is 106 Å². The van der Waals surface area contributed by atoms with E-state index < -0.39 is 6.04 Å². The van der Waals surface area contributed by atoms with Gasteiger partial charge in [0, 0.05) is 19.4 Å². The zero-order valence-electron chi connectivity index (χ0n) is 21.4. The molecule has 1 amide bonds. The Morgan fingerprint density at radius 2 is 1.90 bits per heavy atom. The first-order chi connectivity index (χ1) is 18.9. The minimum atomic E-state index is -0.644. The number of carbonyl (C=O) groups excluding carboxylic acids is 1. The van der Waals surface area contributed by atoms with Crippen molar-refractivity contribution in [3.8, 4) is 17.5 Å². The molecule has 1 atom stereocenters. The number of amides is 1. The molecule has 0 bridgehead atoms. The van der Waals surface area contributed by atoms with Crippen molar-refractivity contribution in [1.29, 1.82) is 0 Å². The topological polar surface area (TPSA) is 128 Å². The summed E-state index contributed by atoms with van der Waals surface area (Å²) in [6.45, 7) is 3.57. The monoisotopic (exact) mass is 517 g/mol. The molecule has 11 nitrogen and oxygen atoms in total.